The standard InChI is InChI=1S/C8H12N2OS2/c1-8(2,3)13(11)10-4-7-5-12-6-9-7/h4-6H,1-3H3/t13-/m0/s1. The van der Waals surface area contributed by atoms with Crippen LogP contribution in [0.5, 0.6) is 0 Å². The molecule has 1 heterocycles. The van der Waals surface area contributed by atoms with Crippen LogP contribution in [0.4, 0.5) is 0 Å². The highest BCUT2D eigenvalue weighted by Crippen LogP contribution is 2.12. The van der Waals surface area contributed by atoms with Crippen LogP contribution in [-0.2, 0) is 11.0 Å². The Labute approximate surface area is 84.5 Å². The summed E-state index contributed by atoms with van der Waals surface area (Å²) in [6.07, 6.45) is 1.55. The first kappa shape index (κ1) is 10.5. The summed E-state index contributed by atoms with van der Waals surface area (Å²) in [4.78, 5) is 4.01. The quantitative estimate of drug-likeness (QED) is 0.710. The van der Waals surface area contributed by atoms with Crippen molar-refractivity contribution >= 4 is 28.5 Å². The molecule has 0 N–H and O–H groups in total. The summed E-state index contributed by atoms with van der Waals surface area (Å²) in [7, 11) is -1.19. The van der Waals surface area contributed by atoms with Crippen LogP contribution in [0, 0.1) is 0 Å². The van der Waals surface area contributed by atoms with Crippen molar-refractivity contribution in [3.63, 3.8) is 0 Å². The van der Waals surface area contributed by atoms with Crippen molar-refractivity contribution in [3.05, 3.63) is 16.6 Å². The monoisotopic (exact) mass is 216 g/mol. The van der Waals surface area contributed by atoms with E-state index in [2.05, 4.69) is 9.38 Å². The van der Waals surface area contributed by atoms with Gasteiger partial charge < -0.3 is 0 Å². The first-order chi connectivity index (χ1) is 6.00. The molecular formula is C8H12N2OS2. The average molecular weight is 216 g/mol. The molecule has 0 aliphatic rings. The predicted octanol–water partition coefficient (Wildman–Crippen LogP) is 2.02. The smallest absolute Gasteiger partial charge is 0.144 e. The zero-order chi connectivity index (χ0) is 9.90. The van der Waals surface area contributed by atoms with Crippen molar-refractivity contribution in [2.24, 2.45) is 4.40 Å². The van der Waals surface area contributed by atoms with E-state index < -0.39 is 11.0 Å². The first-order valence-electron chi connectivity index (χ1n) is 3.84. The molecule has 0 fully saturated rings. The molecular weight excluding hydrogens is 204 g/mol. The van der Waals surface area contributed by atoms with Crippen molar-refractivity contribution in [3.8, 4) is 0 Å². The second-order valence-electron chi connectivity index (χ2n) is 3.51. The van der Waals surface area contributed by atoms with Gasteiger partial charge in [-0.25, -0.2) is 9.19 Å². The fraction of sp³-hybridized carbons (Fsp3) is 0.500. The molecule has 0 unspecified atom stereocenters. The molecule has 0 radical (unpaired) electrons. The lowest BCUT2D eigenvalue weighted by Gasteiger charge is -2.12. The molecule has 0 bridgehead atoms. The minimum absolute atomic E-state index is 0.299. The average Bonchev–Trinajstić information content (AvgIpc) is 2.50. The zero-order valence-corrected chi connectivity index (χ0v) is 9.48. The lowest BCUT2D eigenvalue weighted by Crippen LogP contribution is -2.19. The SMILES string of the molecule is CC(C)(C)[S@](=O)N=Cc1cscn1. The zero-order valence-electron chi connectivity index (χ0n) is 7.85. The molecule has 1 atom stereocenters. The van der Waals surface area contributed by atoms with Gasteiger partial charge in [0.1, 0.15) is 11.0 Å². The van der Waals surface area contributed by atoms with Gasteiger partial charge in [0.2, 0.25) is 0 Å². The summed E-state index contributed by atoms with van der Waals surface area (Å²) in [6.45, 7) is 5.67. The van der Waals surface area contributed by atoms with Gasteiger partial charge in [-0.05, 0) is 20.8 Å². The van der Waals surface area contributed by atoms with Gasteiger partial charge in [-0.3, -0.25) is 0 Å². The van der Waals surface area contributed by atoms with Gasteiger partial charge >= 0.3 is 0 Å². The Morgan fingerprint density at radius 3 is 2.77 bits per heavy atom. The van der Waals surface area contributed by atoms with Crippen molar-refractivity contribution in [2.45, 2.75) is 25.5 Å². The van der Waals surface area contributed by atoms with Crippen LogP contribution in [0.2, 0.25) is 0 Å². The van der Waals surface area contributed by atoms with Gasteiger partial charge in [0.15, 0.2) is 0 Å². The van der Waals surface area contributed by atoms with Gasteiger partial charge in [-0.2, -0.15) is 4.40 Å². The number of hydrogen-bond donors (Lipinski definition) is 0. The van der Waals surface area contributed by atoms with Crippen molar-refractivity contribution in [1.29, 1.82) is 0 Å². The Bertz CT molecular complexity index is 311. The van der Waals surface area contributed by atoms with Gasteiger partial charge in [0.05, 0.1) is 22.2 Å². The van der Waals surface area contributed by atoms with Crippen LogP contribution < -0.4 is 0 Å². The minimum atomic E-state index is -1.19. The van der Waals surface area contributed by atoms with E-state index in [1.807, 2.05) is 26.2 Å². The Hall–Kier alpha value is -0.550. The third-order valence-electron chi connectivity index (χ3n) is 1.26. The Morgan fingerprint density at radius 1 is 1.62 bits per heavy atom. The highest BCUT2D eigenvalue weighted by Gasteiger charge is 2.18. The molecule has 1 aromatic heterocycles. The second-order valence-corrected chi connectivity index (χ2v) is 6.16. The van der Waals surface area contributed by atoms with E-state index in [0.717, 1.165) is 5.69 Å². The summed E-state index contributed by atoms with van der Waals surface area (Å²) in [5.41, 5.74) is 2.49. The lowest BCUT2D eigenvalue weighted by molar-refractivity contribution is 0.651. The van der Waals surface area contributed by atoms with E-state index in [0.29, 0.717) is 0 Å². The number of thiazole rings is 1. The molecule has 0 saturated carbocycles. The second kappa shape index (κ2) is 4.11. The highest BCUT2D eigenvalue weighted by atomic mass is 32.2. The summed E-state index contributed by atoms with van der Waals surface area (Å²) in [6, 6.07) is 0. The van der Waals surface area contributed by atoms with Crippen LogP contribution in [0.25, 0.3) is 0 Å². The van der Waals surface area contributed by atoms with Crippen LogP contribution in [0.3, 0.4) is 0 Å². The third kappa shape index (κ3) is 3.36. The molecule has 0 amide bonds. The molecule has 3 nitrogen and oxygen atoms in total. The molecule has 0 aromatic carbocycles. The molecule has 1 rings (SSSR count). The van der Waals surface area contributed by atoms with Crippen LogP contribution >= 0.6 is 11.3 Å². The topological polar surface area (TPSA) is 42.3 Å². The van der Waals surface area contributed by atoms with Gasteiger partial charge in [-0.1, -0.05) is 0 Å². The summed E-state index contributed by atoms with van der Waals surface area (Å²) < 4.78 is 15.1. The Balaban J connectivity index is 2.65. The van der Waals surface area contributed by atoms with Crippen molar-refractivity contribution in [1.82, 2.24) is 4.98 Å². The van der Waals surface area contributed by atoms with Crippen LogP contribution in [0.15, 0.2) is 15.3 Å². The molecule has 0 saturated heterocycles. The maximum Gasteiger partial charge on any atom is 0.144 e. The Morgan fingerprint density at radius 2 is 2.31 bits per heavy atom. The summed E-state index contributed by atoms with van der Waals surface area (Å²) in [5, 5.41) is 1.86. The largest absolute Gasteiger partial charge is 0.244 e. The molecule has 0 aliphatic carbocycles. The lowest BCUT2D eigenvalue weighted by atomic mass is 10.3. The van der Waals surface area contributed by atoms with Crippen LogP contribution in [-0.4, -0.2) is 20.2 Å². The first-order valence-corrected chi connectivity index (χ1v) is 5.89. The molecule has 0 aliphatic heterocycles. The van der Waals surface area contributed by atoms with E-state index in [-0.39, 0.29) is 4.75 Å². The normalized spacial score (nSPS) is 15.0. The maximum absolute atomic E-state index is 11.4. The van der Waals surface area contributed by atoms with E-state index >= 15 is 0 Å². The highest BCUT2D eigenvalue weighted by molar-refractivity contribution is 7.85. The Kier molecular flexibility index (Phi) is 3.33. The fourth-order valence-corrected chi connectivity index (χ4v) is 1.57. The number of aromatic nitrogens is 1. The molecule has 5 heteroatoms. The van der Waals surface area contributed by atoms with E-state index in [9.17, 15) is 4.21 Å². The molecule has 13 heavy (non-hydrogen) atoms. The third-order valence-corrected chi connectivity index (χ3v) is 3.21. The number of hydrogen-bond acceptors (Lipinski definition) is 3. The molecule has 72 valence electrons. The predicted molar refractivity (Wildman–Crippen MR) is 57.6 cm³/mol. The van der Waals surface area contributed by atoms with Gasteiger partial charge in [0.25, 0.3) is 0 Å². The summed E-state index contributed by atoms with van der Waals surface area (Å²) >= 11 is 1.50. The van der Waals surface area contributed by atoms with Crippen molar-refractivity contribution in [2.75, 3.05) is 0 Å². The van der Waals surface area contributed by atoms with Gasteiger partial charge in [-0.15, -0.1) is 11.3 Å². The van der Waals surface area contributed by atoms with E-state index in [1.165, 1.54) is 11.3 Å². The molecule has 0 spiro atoms. The summed E-state index contributed by atoms with van der Waals surface area (Å²) in [5.74, 6) is 0. The number of nitrogens with zero attached hydrogens (tertiary/aromatic N) is 2. The van der Waals surface area contributed by atoms with Gasteiger partial charge in [0, 0.05) is 5.38 Å². The number of rotatable bonds is 2. The fourth-order valence-electron chi connectivity index (χ4n) is 0.546. The van der Waals surface area contributed by atoms with Crippen molar-refractivity contribution < 1.29 is 4.21 Å². The van der Waals surface area contributed by atoms with E-state index in [1.54, 1.807) is 11.7 Å². The maximum atomic E-state index is 11.4. The molecule has 1 aromatic rings. The van der Waals surface area contributed by atoms with Crippen LogP contribution in [0.1, 0.15) is 26.5 Å². The minimum Gasteiger partial charge on any atom is -0.244 e. The van der Waals surface area contributed by atoms with E-state index in [4.69, 9.17) is 0 Å².